The molecule has 4 rings (SSSR count). The largest absolute Gasteiger partial charge is 0.378 e. The van der Waals surface area contributed by atoms with Gasteiger partial charge >= 0.3 is 0 Å². The summed E-state index contributed by atoms with van der Waals surface area (Å²) in [6, 6.07) is 22.2. The molecule has 0 radical (unpaired) electrons. The molecule has 1 unspecified atom stereocenters. The van der Waals surface area contributed by atoms with E-state index in [0.29, 0.717) is 48.3 Å². The Kier molecular flexibility index (Phi) is 9.14. The number of ether oxygens (including phenoxy) is 1. The van der Waals surface area contributed by atoms with Crippen LogP contribution in [0.2, 0.25) is 10.0 Å². The molecule has 3 aromatic rings. The van der Waals surface area contributed by atoms with Gasteiger partial charge in [0.15, 0.2) is 0 Å². The van der Waals surface area contributed by atoms with Crippen LogP contribution in [0.4, 0.5) is 0 Å². The molecule has 0 saturated carbocycles. The monoisotopic (exact) mass is 552 g/mol. The molecular formula is C31H34Cl2N2O3. The van der Waals surface area contributed by atoms with Gasteiger partial charge in [-0.2, -0.15) is 0 Å². The van der Waals surface area contributed by atoms with E-state index in [4.69, 9.17) is 27.9 Å². The van der Waals surface area contributed by atoms with Crippen molar-refractivity contribution < 1.29 is 14.3 Å². The van der Waals surface area contributed by atoms with Gasteiger partial charge in [-0.1, -0.05) is 98.6 Å². The Balaban J connectivity index is 1.75. The summed E-state index contributed by atoms with van der Waals surface area (Å²) in [6.45, 7) is 8.74. The SMILES string of the molecule is CC(C)(C)c1ccc(CN(C(=O)c2ccc(Cl)c(Cl)c2)C(Cc2ccccc2)C(=O)N2CCOCC2)cc1. The van der Waals surface area contributed by atoms with E-state index < -0.39 is 6.04 Å². The summed E-state index contributed by atoms with van der Waals surface area (Å²) in [5, 5.41) is 0.670. The van der Waals surface area contributed by atoms with Gasteiger partial charge < -0.3 is 14.5 Å². The minimum absolute atomic E-state index is 0.0102. The van der Waals surface area contributed by atoms with E-state index in [1.54, 1.807) is 28.0 Å². The van der Waals surface area contributed by atoms with Crippen molar-refractivity contribution in [2.45, 2.75) is 45.2 Å². The summed E-state index contributed by atoms with van der Waals surface area (Å²) in [7, 11) is 0. The second-order valence-electron chi connectivity index (χ2n) is 10.7. The number of morpholine rings is 1. The third-order valence-corrected chi connectivity index (χ3v) is 7.60. The average molecular weight is 554 g/mol. The molecule has 0 bridgehead atoms. The first-order valence-corrected chi connectivity index (χ1v) is 13.6. The van der Waals surface area contributed by atoms with E-state index in [-0.39, 0.29) is 23.8 Å². The molecular weight excluding hydrogens is 519 g/mol. The maximum absolute atomic E-state index is 14.1. The standard InChI is InChI=1S/C31H34Cl2N2O3/c1-31(2,3)25-12-9-23(10-13-25)21-35(29(36)24-11-14-26(32)27(33)20-24)28(19-22-7-5-4-6-8-22)30(37)34-15-17-38-18-16-34/h4-14,20,28H,15-19,21H2,1-3H3. The Bertz CT molecular complexity index is 1250. The lowest BCUT2D eigenvalue weighted by molar-refractivity contribution is -0.140. The van der Waals surface area contributed by atoms with Crippen LogP contribution in [0.15, 0.2) is 72.8 Å². The van der Waals surface area contributed by atoms with Crippen LogP contribution in [0.1, 0.15) is 47.8 Å². The van der Waals surface area contributed by atoms with Crippen LogP contribution in [0.3, 0.4) is 0 Å². The molecule has 1 aliphatic rings. The van der Waals surface area contributed by atoms with Crippen molar-refractivity contribution in [2.75, 3.05) is 26.3 Å². The number of benzene rings is 3. The Morgan fingerprint density at radius 2 is 1.55 bits per heavy atom. The predicted octanol–water partition coefficient (Wildman–Crippen LogP) is 6.40. The fourth-order valence-electron chi connectivity index (χ4n) is 4.59. The van der Waals surface area contributed by atoms with Crippen LogP contribution >= 0.6 is 23.2 Å². The van der Waals surface area contributed by atoms with Gasteiger partial charge in [0.25, 0.3) is 5.91 Å². The van der Waals surface area contributed by atoms with Crippen molar-refractivity contribution in [2.24, 2.45) is 0 Å². The summed E-state index contributed by atoms with van der Waals surface area (Å²) >= 11 is 12.4. The molecule has 0 spiro atoms. The van der Waals surface area contributed by atoms with Crippen molar-refractivity contribution in [3.63, 3.8) is 0 Å². The molecule has 0 N–H and O–H groups in total. The lowest BCUT2D eigenvalue weighted by atomic mass is 9.86. The highest BCUT2D eigenvalue weighted by Gasteiger charge is 2.34. The molecule has 1 fully saturated rings. The molecule has 5 nitrogen and oxygen atoms in total. The lowest BCUT2D eigenvalue weighted by Gasteiger charge is -2.36. The minimum atomic E-state index is -0.709. The summed E-state index contributed by atoms with van der Waals surface area (Å²) in [4.78, 5) is 31.6. The summed E-state index contributed by atoms with van der Waals surface area (Å²) < 4.78 is 5.48. The van der Waals surface area contributed by atoms with Gasteiger partial charge in [0.1, 0.15) is 6.04 Å². The zero-order valence-corrected chi connectivity index (χ0v) is 23.6. The molecule has 1 aliphatic heterocycles. The van der Waals surface area contributed by atoms with Gasteiger partial charge in [0.2, 0.25) is 5.91 Å². The molecule has 200 valence electrons. The molecule has 3 aromatic carbocycles. The minimum Gasteiger partial charge on any atom is -0.378 e. The van der Waals surface area contributed by atoms with Gasteiger partial charge in [-0.3, -0.25) is 9.59 Å². The highest BCUT2D eigenvalue weighted by molar-refractivity contribution is 6.42. The summed E-state index contributed by atoms with van der Waals surface area (Å²) in [5.41, 5.74) is 3.52. The van der Waals surface area contributed by atoms with Crippen LogP contribution in [-0.2, 0) is 27.9 Å². The molecule has 0 aliphatic carbocycles. The predicted molar refractivity (Wildman–Crippen MR) is 153 cm³/mol. The quantitative estimate of drug-likeness (QED) is 0.340. The summed E-state index contributed by atoms with van der Waals surface area (Å²) in [5.74, 6) is -0.358. The number of rotatable bonds is 7. The Morgan fingerprint density at radius 3 is 2.16 bits per heavy atom. The summed E-state index contributed by atoms with van der Waals surface area (Å²) in [6.07, 6.45) is 0.393. The van der Waals surface area contributed by atoms with Gasteiger partial charge in [0, 0.05) is 31.6 Å². The highest BCUT2D eigenvalue weighted by atomic mass is 35.5. The van der Waals surface area contributed by atoms with Gasteiger partial charge in [-0.25, -0.2) is 0 Å². The number of carbonyl (C=O) groups excluding carboxylic acids is 2. The van der Waals surface area contributed by atoms with Crippen LogP contribution in [0.5, 0.6) is 0 Å². The number of hydrogen-bond donors (Lipinski definition) is 0. The number of halogens is 2. The highest BCUT2D eigenvalue weighted by Crippen LogP contribution is 2.27. The maximum atomic E-state index is 14.1. The number of carbonyl (C=O) groups is 2. The maximum Gasteiger partial charge on any atom is 0.254 e. The number of nitrogens with zero attached hydrogens (tertiary/aromatic N) is 2. The molecule has 2 amide bonds. The molecule has 1 saturated heterocycles. The number of amides is 2. The normalized spacial score (nSPS) is 14.7. The fourth-order valence-corrected chi connectivity index (χ4v) is 4.89. The molecule has 0 aromatic heterocycles. The first-order chi connectivity index (χ1) is 18.1. The second-order valence-corrected chi connectivity index (χ2v) is 11.5. The van der Waals surface area contributed by atoms with E-state index >= 15 is 0 Å². The Hall–Kier alpha value is -2.86. The van der Waals surface area contributed by atoms with E-state index in [1.165, 1.54) is 5.56 Å². The first-order valence-electron chi connectivity index (χ1n) is 12.9. The molecule has 38 heavy (non-hydrogen) atoms. The van der Waals surface area contributed by atoms with Crippen LogP contribution in [0, 0.1) is 0 Å². The van der Waals surface area contributed by atoms with Gasteiger partial charge in [0.05, 0.1) is 23.3 Å². The Morgan fingerprint density at radius 1 is 0.895 bits per heavy atom. The van der Waals surface area contributed by atoms with Gasteiger partial charge in [-0.15, -0.1) is 0 Å². The fraction of sp³-hybridized carbons (Fsp3) is 0.355. The van der Waals surface area contributed by atoms with E-state index in [2.05, 4.69) is 32.9 Å². The molecule has 7 heteroatoms. The van der Waals surface area contributed by atoms with Crippen LogP contribution < -0.4 is 0 Å². The van der Waals surface area contributed by atoms with Crippen molar-refractivity contribution in [3.05, 3.63) is 105 Å². The third-order valence-electron chi connectivity index (χ3n) is 6.86. The van der Waals surface area contributed by atoms with E-state index in [0.717, 1.165) is 11.1 Å². The third kappa shape index (κ3) is 6.96. The van der Waals surface area contributed by atoms with E-state index in [9.17, 15) is 9.59 Å². The average Bonchev–Trinajstić information content (AvgIpc) is 2.92. The zero-order chi connectivity index (χ0) is 27.3. The van der Waals surface area contributed by atoms with Crippen LogP contribution in [0.25, 0.3) is 0 Å². The van der Waals surface area contributed by atoms with Crippen molar-refractivity contribution in [1.29, 1.82) is 0 Å². The lowest BCUT2D eigenvalue weighted by Crippen LogP contribution is -2.54. The number of hydrogen-bond acceptors (Lipinski definition) is 3. The van der Waals surface area contributed by atoms with E-state index in [1.807, 2.05) is 42.5 Å². The molecule has 1 atom stereocenters. The topological polar surface area (TPSA) is 49.9 Å². The zero-order valence-electron chi connectivity index (χ0n) is 22.1. The van der Waals surface area contributed by atoms with Crippen molar-refractivity contribution in [1.82, 2.24) is 9.80 Å². The van der Waals surface area contributed by atoms with Gasteiger partial charge in [-0.05, 0) is 40.3 Å². The smallest absolute Gasteiger partial charge is 0.254 e. The van der Waals surface area contributed by atoms with Crippen LogP contribution in [-0.4, -0.2) is 54.0 Å². The van der Waals surface area contributed by atoms with Crippen molar-refractivity contribution >= 4 is 35.0 Å². The Labute approximate surface area is 235 Å². The molecule has 1 heterocycles. The van der Waals surface area contributed by atoms with Crippen molar-refractivity contribution in [3.8, 4) is 0 Å². The first kappa shape index (κ1) is 28.2. The second kappa shape index (κ2) is 12.3.